The van der Waals surface area contributed by atoms with E-state index in [9.17, 15) is 5.11 Å². The molecular formula is C20H17N5O2. The van der Waals surface area contributed by atoms with Crippen LogP contribution < -0.4 is 5.73 Å². The number of benzene rings is 2. The maximum absolute atomic E-state index is 9.85. The van der Waals surface area contributed by atoms with E-state index in [1.165, 1.54) is 12.4 Å². The van der Waals surface area contributed by atoms with Gasteiger partial charge in [0.2, 0.25) is 5.82 Å². The number of nitrogens with zero attached hydrogens (tertiary/aromatic N) is 4. The molecule has 0 aliphatic rings. The van der Waals surface area contributed by atoms with Crippen LogP contribution in [-0.2, 0) is 6.61 Å². The van der Waals surface area contributed by atoms with Crippen molar-refractivity contribution >= 4 is 5.82 Å². The molecule has 3 N–H and O–H groups in total. The van der Waals surface area contributed by atoms with Gasteiger partial charge in [0.15, 0.2) is 0 Å². The van der Waals surface area contributed by atoms with Crippen molar-refractivity contribution in [3.63, 3.8) is 0 Å². The molecule has 0 aliphatic carbocycles. The number of aromatic nitrogens is 4. The predicted octanol–water partition coefficient (Wildman–Crippen LogP) is 3.24. The van der Waals surface area contributed by atoms with Crippen molar-refractivity contribution in [3.8, 4) is 34.1 Å². The highest BCUT2D eigenvalue weighted by molar-refractivity contribution is 5.73. The first-order valence-electron chi connectivity index (χ1n) is 8.37. The predicted molar refractivity (Wildman–Crippen MR) is 101 cm³/mol. The van der Waals surface area contributed by atoms with Crippen LogP contribution >= 0.6 is 0 Å². The van der Waals surface area contributed by atoms with Crippen LogP contribution in [-0.4, -0.2) is 25.2 Å². The van der Waals surface area contributed by atoms with Crippen molar-refractivity contribution < 1.29 is 9.63 Å². The summed E-state index contributed by atoms with van der Waals surface area (Å²) < 4.78 is 5.36. The van der Waals surface area contributed by atoms with Gasteiger partial charge in [-0.2, -0.15) is 4.98 Å². The van der Waals surface area contributed by atoms with Crippen LogP contribution in [0.4, 0.5) is 5.82 Å². The molecule has 0 atom stereocenters. The second-order valence-electron chi connectivity index (χ2n) is 6.09. The van der Waals surface area contributed by atoms with Crippen molar-refractivity contribution in [2.45, 2.75) is 13.5 Å². The Bertz CT molecular complexity index is 1090. The number of hydrogen-bond donors (Lipinski definition) is 2. The highest BCUT2D eigenvalue weighted by atomic mass is 16.5. The Kier molecular flexibility index (Phi) is 4.35. The van der Waals surface area contributed by atoms with Gasteiger partial charge in [0.05, 0.1) is 19.0 Å². The zero-order valence-electron chi connectivity index (χ0n) is 14.6. The highest BCUT2D eigenvalue weighted by Crippen LogP contribution is 2.31. The molecule has 4 aromatic rings. The molecule has 0 aliphatic heterocycles. The molecule has 0 fully saturated rings. The van der Waals surface area contributed by atoms with E-state index in [2.05, 4.69) is 20.1 Å². The number of nitrogen functional groups attached to an aromatic ring is 1. The van der Waals surface area contributed by atoms with Crippen LogP contribution in [0.5, 0.6) is 0 Å². The number of anilines is 1. The van der Waals surface area contributed by atoms with E-state index in [1.807, 2.05) is 49.4 Å². The van der Waals surface area contributed by atoms with Crippen LogP contribution in [0.2, 0.25) is 0 Å². The smallest absolute Gasteiger partial charge is 0.258 e. The van der Waals surface area contributed by atoms with E-state index in [-0.39, 0.29) is 6.61 Å². The molecule has 2 aromatic carbocycles. The van der Waals surface area contributed by atoms with E-state index in [1.54, 1.807) is 0 Å². The fourth-order valence-electron chi connectivity index (χ4n) is 2.89. The van der Waals surface area contributed by atoms with Gasteiger partial charge < -0.3 is 15.4 Å². The van der Waals surface area contributed by atoms with Crippen LogP contribution in [0.25, 0.3) is 34.1 Å². The molecule has 0 saturated heterocycles. The normalized spacial score (nSPS) is 10.9. The Balaban J connectivity index is 1.71. The summed E-state index contributed by atoms with van der Waals surface area (Å²) in [5, 5.41) is 13.8. The third kappa shape index (κ3) is 3.28. The number of rotatable bonds is 4. The van der Waals surface area contributed by atoms with Gasteiger partial charge in [0, 0.05) is 5.56 Å². The number of hydrogen-bond acceptors (Lipinski definition) is 7. The molecule has 7 heteroatoms. The van der Waals surface area contributed by atoms with Crippen LogP contribution in [0.15, 0.2) is 59.4 Å². The summed E-state index contributed by atoms with van der Waals surface area (Å²) in [4.78, 5) is 12.5. The van der Waals surface area contributed by atoms with Gasteiger partial charge in [-0.15, -0.1) is 0 Å². The van der Waals surface area contributed by atoms with Crippen molar-refractivity contribution in [2.24, 2.45) is 0 Å². The Morgan fingerprint density at radius 2 is 1.89 bits per heavy atom. The van der Waals surface area contributed by atoms with Crippen LogP contribution in [0, 0.1) is 6.92 Å². The Labute approximate surface area is 155 Å². The van der Waals surface area contributed by atoms with Gasteiger partial charge in [0.25, 0.3) is 5.89 Å². The Morgan fingerprint density at radius 1 is 1.04 bits per heavy atom. The molecule has 134 valence electrons. The van der Waals surface area contributed by atoms with Crippen molar-refractivity contribution in [1.29, 1.82) is 0 Å². The second-order valence-corrected chi connectivity index (χ2v) is 6.09. The molecule has 2 aromatic heterocycles. The van der Waals surface area contributed by atoms with E-state index in [4.69, 9.17) is 10.3 Å². The monoisotopic (exact) mass is 359 g/mol. The SMILES string of the molecule is Cc1ccccc1-c1ccc(-c2nc(-c3cnc(N)cn3)no2)cc1CO. The summed E-state index contributed by atoms with van der Waals surface area (Å²) in [7, 11) is 0. The molecule has 0 unspecified atom stereocenters. The number of nitrogens with two attached hydrogens (primary N) is 1. The summed E-state index contributed by atoms with van der Waals surface area (Å²) in [6.07, 6.45) is 2.93. The zero-order chi connectivity index (χ0) is 18.8. The molecule has 0 amide bonds. The Hall–Kier alpha value is -3.58. The lowest BCUT2D eigenvalue weighted by Crippen LogP contribution is -1.94. The van der Waals surface area contributed by atoms with E-state index in [0.717, 1.165) is 27.8 Å². The molecule has 7 nitrogen and oxygen atoms in total. The standard InChI is InChI=1S/C20H17N5O2/c1-12-4-2-3-5-15(12)16-7-6-13(8-14(16)11-26)20-24-19(25-27-20)17-9-23-18(21)10-22-17/h2-10,26H,11H2,1H3,(H2,21,23). The van der Waals surface area contributed by atoms with Crippen molar-refractivity contribution in [3.05, 3.63) is 66.0 Å². The van der Waals surface area contributed by atoms with Gasteiger partial charge in [0.1, 0.15) is 11.5 Å². The van der Waals surface area contributed by atoms with Crippen LogP contribution in [0.3, 0.4) is 0 Å². The number of aliphatic hydroxyl groups excluding tert-OH is 1. The molecule has 2 heterocycles. The lowest BCUT2D eigenvalue weighted by Gasteiger charge is -2.11. The van der Waals surface area contributed by atoms with Crippen molar-refractivity contribution in [1.82, 2.24) is 20.1 Å². The summed E-state index contributed by atoms with van der Waals surface area (Å²) >= 11 is 0. The first-order chi connectivity index (χ1) is 13.2. The average Bonchev–Trinajstić information content (AvgIpc) is 3.19. The minimum Gasteiger partial charge on any atom is -0.392 e. The lowest BCUT2D eigenvalue weighted by atomic mass is 9.95. The van der Waals surface area contributed by atoms with Gasteiger partial charge in [-0.25, -0.2) is 9.97 Å². The summed E-state index contributed by atoms with van der Waals surface area (Å²) in [6, 6.07) is 13.8. The van der Waals surface area contributed by atoms with Gasteiger partial charge in [-0.05, 0) is 41.3 Å². The molecular weight excluding hydrogens is 342 g/mol. The van der Waals surface area contributed by atoms with Crippen molar-refractivity contribution in [2.75, 3.05) is 5.73 Å². The van der Waals surface area contributed by atoms with E-state index >= 15 is 0 Å². The quantitative estimate of drug-likeness (QED) is 0.575. The summed E-state index contributed by atoms with van der Waals surface area (Å²) in [5.41, 5.74) is 10.7. The third-order valence-electron chi connectivity index (χ3n) is 4.28. The largest absolute Gasteiger partial charge is 0.392 e. The van der Waals surface area contributed by atoms with Gasteiger partial charge in [-0.3, -0.25) is 0 Å². The maximum atomic E-state index is 9.85. The molecule has 4 rings (SSSR count). The maximum Gasteiger partial charge on any atom is 0.258 e. The van der Waals surface area contributed by atoms with E-state index in [0.29, 0.717) is 23.2 Å². The molecule has 0 spiro atoms. The molecule has 0 saturated carbocycles. The minimum absolute atomic E-state index is 0.0953. The highest BCUT2D eigenvalue weighted by Gasteiger charge is 2.15. The minimum atomic E-state index is -0.0953. The zero-order valence-corrected chi connectivity index (χ0v) is 14.6. The second kappa shape index (κ2) is 6.97. The van der Waals surface area contributed by atoms with Gasteiger partial charge in [-0.1, -0.05) is 35.5 Å². The van der Waals surface area contributed by atoms with E-state index < -0.39 is 0 Å². The molecule has 0 radical (unpaired) electrons. The first-order valence-corrected chi connectivity index (χ1v) is 8.37. The fraction of sp³-hybridized carbons (Fsp3) is 0.100. The third-order valence-corrected chi connectivity index (χ3v) is 4.28. The summed E-state index contributed by atoms with van der Waals surface area (Å²) in [6.45, 7) is 1.95. The topological polar surface area (TPSA) is 111 Å². The van der Waals surface area contributed by atoms with Gasteiger partial charge >= 0.3 is 0 Å². The molecule has 27 heavy (non-hydrogen) atoms. The molecule has 0 bridgehead atoms. The number of aryl methyl sites for hydroxylation is 1. The fourth-order valence-corrected chi connectivity index (χ4v) is 2.89. The average molecular weight is 359 g/mol. The lowest BCUT2D eigenvalue weighted by molar-refractivity contribution is 0.282. The number of aliphatic hydroxyl groups is 1. The Morgan fingerprint density at radius 3 is 2.63 bits per heavy atom. The summed E-state index contributed by atoms with van der Waals surface area (Å²) in [5.74, 6) is 0.988. The van der Waals surface area contributed by atoms with Crippen LogP contribution in [0.1, 0.15) is 11.1 Å². The first kappa shape index (κ1) is 16.9.